The lowest BCUT2D eigenvalue weighted by Gasteiger charge is -2.37. The Morgan fingerprint density at radius 1 is 1.06 bits per heavy atom. The Hall–Kier alpha value is -2.97. The predicted octanol–water partition coefficient (Wildman–Crippen LogP) is 1.83. The van der Waals surface area contributed by atoms with E-state index in [2.05, 4.69) is 0 Å². The molecule has 0 bridgehead atoms. The van der Waals surface area contributed by atoms with Crippen molar-refractivity contribution in [2.45, 2.75) is 50.0 Å². The number of fused-ring (bicyclic) bond motifs is 2. The van der Waals surface area contributed by atoms with E-state index in [1.807, 2.05) is 54.6 Å². The van der Waals surface area contributed by atoms with Crippen LogP contribution >= 0.6 is 0 Å². The number of benzene rings is 1. The Kier molecular flexibility index (Phi) is 6.27. The Morgan fingerprint density at radius 2 is 1.86 bits per heavy atom. The summed E-state index contributed by atoms with van der Waals surface area (Å²) in [5, 5.41) is 9.49. The molecule has 4 aliphatic heterocycles. The number of aliphatic hydroxyl groups is 1. The average molecular weight is 481 g/mol. The number of esters is 1. The number of hydrogen-bond acceptors (Lipinski definition) is 6. The van der Waals surface area contributed by atoms with Gasteiger partial charge in [-0.3, -0.25) is 14.4 Å². The number of ether oxygens (including phenoxy) is 2. The van der Waals surface area contributed by atoms with E-state index in [1.165, 1.54) is 4.90 Å². The third-order valence-electron chi connectivity index (χ3n) is 7.61. The van der Waals surface area contributed by atoms with Gasteiger partial charge in [-0.1, -0.05) is 54.6 Å². The molecule has 5 rings (SSSR count). The zero-order valence-electron chi connectivity index (χ0n) is 20.0. The number of aliphatic hydroxyl groups excluding tert-OH is 1. The maximum absolute atomic E-state index is 14.1. The lowest BCUT2D eigenvalue weighted by atomic mass is 9.74. The second-order valence-corrected chi connectivity index (χ2v) is 9.92. The van der Waals surface area contributed by atoms with E-state index in [9.17, 15) is 19.5 Å². The van der Waals surface area contributed by atoms with E-state index in [-0.39, 0.29) is 31.6 Å². The van der Waals surface area contributed by atoms with Gasteiger partial charge in [-0.15, -0.1) is 0 Å². The number of allylic oxidation sites excluding steroid dienone is 1. The number of carbonyl (C=O) groups is 3. The van der Waals surface area contributed by atoms with Crippen molar-refractivity contribution >= 4 is 17.8 Å². The van der Waals surface area contributed by atoms with Crippen LogP contribution in [0.5, 0.6) is 0 Å². The maximum Gasteiger partial charge on any atom is 0.313 e. The van der Waals surface area contributed by atoms with Crippen LogP contribution in [0.25, 0.3) is 0 Å². The van der Waals surface area contributed by atoms with Crippen LogP contribution < -0.4 is 0 Å². The quantitative estimate of drug-likeness (QED) is 0.510. The van der Waals surface area contributed by atoms with Gasteiger partial charge in [-0.05, 0) is 31.7 Å². The van der Waals surface area contributed by atoms with E-state index < -0.39 is 35.0 Å². The topological polar surface area (TPSA) is 96.4 Å². The molecule has 1 spiro atoms. The van der Waals surface area contributed by atoms with Gasteiger partial charge >= 0.3 is 5.97 Å². The zero-order valence-corrected chi connectivity index (χ0v) is 20.0. The first kappa shape index (κ1) is 23.8. The fourth-order valence-corrected chi connectivity index (χ4v) is 6.11. The van der Waals surface area contributed by atoms with Crippen LogP contribution in [-0.4, -0.2) is 76.2 Å². The third-order valence-corrected chi connectivity index (χ3v) is 7.61. The molecule has 8 nitrogen and oxygen atoms in total. The molecule has 0 aliphatic carbocycles. The molecule has 186 valence electrons. The molecule has 4 aliphatic rings. The van der Waals surface area contributed by atoms with Crippen molar-refractivity contribution < 1.29 is 29.0 Å². The first-order valence-corrected chi connectivity index (χ1v) is 12.4. The lowest BCUT2D eigenvalue weighted by molar-refractivity contribution is -0.159. The number of carbonyl (C=O) groups excluding carboxylic acids is 3. The number of hydrogen-bond donors (Lipinski definition) is 1. The van der Waals surface area contributed by atoms with Crippen molar-refractivity contribution in [3.63, 3.8) is 0 Å². The predicted molar refractivity (Wildman–Crippen MR) is 127 cm³/mol. The molecule has 35 heavy (non-hydrogen) atoms. The van der Waals surface area contributed by atoms with Crippen LogP contribution in [0.4, 0.5) is 0 Å². The highest BCUT2D eigenvalue weighted by Crippen LogP contribution is 2.57. The van der Waals surface area contributed by atoms with Gasteiger partial charge < -0.3 is 24.4 Å². The summed E-state index contributed by atoms with van der Waals surface area (Å²) in [5.74, 6) is -2.75. The van der Waals surface area contributed by atoms with E-state index >= 15 is 0 Å². The first-order valence-electron chi connectivity index (χ1n) is 12.4. The van der Waals surface area contributed by atoms with E-state index in [0.717, 1.165) is 12.0 Å². The zero-order chi connectivity index (χ0) is 24.6. The highest BCUT2D eigenvalue weighted by atomic mass is 16.6. The molecule has 2 fully saturated rings. The van der Waals surface area contributed by atoms with Gasteiger partial charge in [0, 0.05) is 26.2 Å². The minimum Gasteiger partial charge on any atom is -0.465 e. The molecule has 1 unspecified atom stereocenters. The fourth-order valence-electron chi connectivity index (χ4n) is 6.11. The van der Waals surface area contributed by atoms with Crippen molar-refractivity contribution in [3.05, 3.63) is 60.2 Å². The van der Waals surface area contributed by atoms with Gasteiger partial charge in [0.15, 0.2) is 0 Å². The number of amides is 2. The van der Waals surface area contributed by atoms with Gasteiger partial charge in [0.2, 0.25) is 11.8 Å². The van der Waals surface area contributed by atoms with Crippen LogP contribution in [0.2, 0.25) is 0 Å². The van der Waals surface area contributed by atoms with Gasteiger partial charge in [0.1, 0.15) is 17.6 Å². The summed E-state index contributed by atoms with van der Waals surface area (Å²) < 4.78 is 12.3. The summed E-state index contributed by atoms with van der Waals surface area (Å²) in [7, 11) is 0. The highest BCUT2D eigenvalue weighted by molar-refractivity contribution is 5.99. The van der Waals surface area contributed by atoms with Crippen molar-refractivity contribution in [2.75, 3.05) is 26.3 Å². The number of nitrogens with zero attached hydrogens (tertiary/aromatic N) is 2. The molecule has 1 aromatic rings. The summed E-state index contributed by atoms with van der Waals surface area (Å²) in [6, 6.07) is 8.77. The Balaban J connectivity index is 1.58. The molecule has 0 radical (unpaired) electrons. The van der Waals surface area contributed by atoms with Crippen LogP contribution in [0.15, 0.2) is 54.6 Å². The third kappa shape index (κ3) is 3.89. The number of likely N-dealkylation sites (tertiary alicyclic amines) is 1. The van der Waals surface area contributed by atoms with Gasteiger partial charge in [0.05, 0.1) is 18.1 Å². The summed E-state index contributed by atoms with van der Waals surface area (Å²) in [6.45, 7) is 2.94. The smallest absolute Gasteiger partial charge is 0.313 e. The molecular weight excluding hydrogens is 448 g/mol. The SMILES string of the molecule is C[C@@]12/C=C\CCCOC(=O)[C@@H]1[C@H]1C(=O)N(CCCO)C3C(=O)N(Cc4ccccc4)CC=C[C@@]31O2. The van der Waals surface area contributed by atoms with Crippen LogP contribution in [-0.2, 0) is 30.4 Å². The minimum absolute atomic E-state index is 0.112. The van der Waals surface area contributed by atoms with Crippen molar-refractivity contribution in [2.24, 2.45) is 11.8 Å². The largest absolute Gasteiger partial charge is 0.465 e. The summed E-state index contributed by atoms with van der Waals surface area (Å²) >= 11 is 0. The molecule has 2 amide bonds. The fraction of sp³-hybridized carbons (Fsp3) is 0.519. The molecule has 0 aromatic heterocycles. The highest BCUT2D eigenvalue weighted by Gasteiger charge is 2.74. The van der Waals surface area contributed by atoms with Gasteiger partial charge in [-0.2, -0.15) is 0 Å². The summed E-state index contributed by atoms with van der Waals surface area (Å²) in [5.41, 5.74) is -1.39. The van der Waals surface area contributed by atoms with Crippen LogP contribution in [0.3, 0.4) is 0 Å². The monoisotopic (exact) mass is 480 g/mol. The first-order chi connectivity index (χ1) is 16.9. The molecule has 1 N–H and O–H groups in total. The maximum atomic E-state index is 14.1. The average Bonchev–Trinajstić information content (AvgIpc) is 3.19. The van der Waals surface area contributed by atoms with Crippen molar-refractivity contribution in [1.29, 1.82) is 0 Å². The van der Waals surface area contributed by atoms with Crippen molar-refractivity contribution in [3.8, 4) is 0 Å². The minimum atomic E-state index is -1.29. The molecule has 5 atom stereocenters. The molecule has 0 saturated carbocycles. The van der Waals surface area contributed by atoms with Crippen LogP contribution in [0, 0.1) is 11.8 Å². The number of cyclic esters (lactones) is 1. The van der Waals surface area contributed by atoms with E-state index in [0.29, 0.717) is 25.9 Å². The normalized spacial score (nSPS) is 35.4. The summed E-state index contributed by atoms with van der Waals surface area (Å²) in [6.07, 6.45) is 9.30. The molecule has 8 heteroatoms. The van der Waals surface area contributed by atoms with Crippen LogP contribution in [0.1, 0.15) is 31.7 Å². The van der Waals surface area contributed by atoms with Gasteiger partial charge in [0.25, 0.3) is 0 Å². The summed E-state index contributed by atoms with van der Waals surface area (Å²) in [4.78, 5) is 44.5. The second kappa shape index (κ2) is 9.24. The molecule has 1 aromatic carbocycles. The second-order valence-electron chi connectivity index (χ2n) is 9.92. The lowest BCUT2D eigenvalue weighted by Crippen LogP contribution is -2.55. The van der Waals surface area contributed by atoms with E-state index in [4.69, 9.17) is 9.47 Å². The van der Waals surface area contributed by atoms with Crippen molar-refractivity contribution in [1.82, 2.24) is 9.80 Å². The standard InChI is InChI=1S/C27H32N2O6/c1-26-12-6-3-7-17-34-25(33)21(26)20-23(31)29(15-9-16-30)22-24(32)28(14-8-13-27(20,22)35-26)18-19-10-4-2-5-11-19/h2,4-6,8,10-13,20-22,30H,3,7,9,14-18H2,1H3/b12-6-/t20-,21-,22?,26+,27-/m0/s1. The Morgan fingerprint density at radius 3 is 2.63 bits per heavy atom. The molecule has 2 saturated heterocycles. The molecule has 4 heterocycles. The van der Waals surface area contributed by atoms with Gasteiger partial charge in [-0.25, -0.2) is 0 Å². The molecular formula is C27H32N2O6. The Labute approximate surface area is 205 Å². The number of rotatable bonds is 5. The van der Waals surface area contributed by atoms with E-state index in [1.54, 1.807) is 11.8 Å². The Bertz CT molecular complexity index is 1060.